The van der Waals surface area contributed by atoms with Gasteiger partial charge in [-0.15, -0.1) is 11.3 Å². The first-order valence-electron chi connectivity index (χ1n) is 11.1. The van der Waals surface area contributed by atoms with Crippen LogP contribution in [0, 0.1) is 13.8 Å². The summed E-state index contributed by atoms with van der Waals surface area (Å²) < 4.78 is 0.961. The van der Waals surface area contributed by atoms with Crippen molar-refractivity contribution in [1.29, 1.82) is 0 Å². The van der Waals surface area contributed by atoms with E-state index in [4.69, 9.17) is 4.98 Å². The van der Waals surface area contributed by atoms with Crippen LogP contribution in [0.1, 0.15) is 52.9 Å². The lowest BCUT2D eigenvalue weighted by Crippen LogP contribution is -2.28. The molecule has 0 bridgehead atoms. The highest BCUT2D eigenvalue weighted by molar-refractivity contribution is 7.22. The molecular weight excluding hydrogens is 464 g/mol. The number of aromatic nitrogens is 1. The molecule has 34 heavy (non-hydrogen) atoms. The number of rotatable bonds is 4. The summed E-state index contributed by atoms with van der Waals surface area (Å²) in [6.07, 6.45) is 0. The predicted octanol–water partition coefficient (Wildman–Crippen LogP) is 6.72. The number of fused-ring (bicyclic) bond motifs is 1. The Morgan fingerprint density at radius 1 is 1.09 bits per heavy atom. The van der Waals surface area contributed by atoms with Gasteiger partial charge in [0.1, 0.15) is 11.8 Å². The number of amides is 1. The number of thiophene rings is 1. The first-order valence-corrected chi connectivity index (χ1v) is 12.8. The van der Waals surface area contributed by atoms with Crippen molar-refractivity contribution in [1.82, 2.24) is 4.98 Å². The Morgan fingerprint density at radius 3 is 2.59 bits per heavy atom. The Labute approximate surface area is 206 Å². The number of Topliss-reactive ketones (excluding diaryl/α,β-unsaturated/α-hetero) is 1. The van der Waals surface area contributed by atoms with Crippen LogP contribution in [0.15, 0.2) is 59.5 Å². The van der Waals surface area contributed by atoms with E-state index in [2.05, 4.69) is 19.9 Å². The minimum absolute atomic E-state index is 0.100. The third-order valence-electron chi connectivity index (χ3n) is 6.18. The molecule has 0 aliphatic carbocycles. The molecule has 3 heterocycles. The largest absolute Gasteiger partial charge is 0.507 e. The van der Waals surface area contributed by atoms with Gasteiger partial charge in [-0.05, 0) is 60.5 Å². The second kappa shape index (κ2) is 8.49. The van der Waals surface area contributed by atoms with Gasteiger partial charge in [-0.1, -0.05) is 55.0 Å². The highest BCUT2D eigenvalue weighted by Gasteiger charge is 2.48. The second-order valence-electron chi connectivity index (χ2n) is 8.88. The van der Waals surface area contributed by atoms with Crippen molar-refractivity contribution >= 4 is 55.5 Å². The van der Waals surface area contributed by atoms with Gasteiger partial charge in [-0.25, -0.2) is 4.98 Å². The van der Waals surface area contributed by atoms with Crippen LogP contribution in [0.4, 0.5) is 5.13 Å². The molecule has 0 saturated carbocycles. The number of anilines is 1. The number of hydrogen-bond donors (Lipinski definition) is 1. The maximum absolute atomic E-state index is 13.4. The molecule has 5 nitrogen and oxygen atoms in total. The minimum atomic E-state index is -0.731. The van der Waals surface area contributed by atoms with Crippen LogP contribution in [0.25, 0.3) is 16.0 Å². The van der Waals surface area contributed by atoms with E-state index < -0.39 is 17.7 Å². The fourth-order valence-corrected chi connectivity index (χ4v) is 6.14. The number of aliphatic hydroxyl groups is 1. The molecule has 1 atom stereocenters. The Bertz CT molecular complexity index is 1460. The number of thiazole rings is 1. The van der Waals surface area contributed by atoms with Gasteiger partial charge in [-0.3, -0.25) is 14.5 Å². The van der Waals surface area contributed by atoms with Crippen LogP contribution in [0.3, 0.4) is 0 Å². The quantitative estimate of drug-likeness (QED) is 0.197. The Kier molecular flexibility index (Phi) is 5.62. The van der Waals surface area contributed by atoms with E-state index in [1.807, 2.05) is 61.7 Å². The summed E-state index contributed by atoms with van der Waals surface area (Å²) in [6.45, 7) is 8.07. The molecule has 1 amide bonds. The molecule has 172 valence electrons. The third-order valence-corrected chi connectivity index (χ3v) is 8.12. The van der Waals surface area contributed by atoms with Gasteiger partial charge in [-0.2, -0.15) is 0 Å². The summed E-state index contributed by atoms with van der Waals surface area (Å²) >= 11 is 2.84. The maximum Gasteiger partial charge on any atom is 0.301 e. The highest BCUT2D eigenvalue weighted by Crippen LogP contribution is 2.45. The van der Waals surface area contributed by atoms with Gasteiger partial charge in [0.2, 0.25) is 0 Å². The summed E-state index contributed by atoms with van der Waals surface area (Å²) in [4.78, 5) is 33.7. The van der Waals surface area contributed by atoms with Crippen LogP contribution in [-0.4, -0.2) is 21.8 Å². The van der Waals surface area contributed by atoms with E-state index in [9.17, 15) is 14.7 Å². The van der Waals surface area contributed by atoms with Crippen LogP contribution < -0.4 is 4.90 Å². The summed E-state index contributed by atoms with van der Waals surface area (Å²) in [5.74, 6) is -1.15. The number of aryl methyl sites for hydroxylation is 2. The molecule has 1 unspecified atom stereocenters. The molecule has 1 aliphatic heterocycles. The maximum atomic E-state index is 13.4. The average Bonchev–Trinajstić information content (AvgIpc) is 3.53. The van der Waals surface area contributed by atoms with E-state index in [-0.39, 0.29) is 11.3 Å². The van der Waals surface area contributed by atoms with E-state index in [0.717, 1.165) is 26.2 Å². The van der Waals surface area contributed by atoms with Gasteiger partial charge >= 0.3 is 5.91 Å². The Balaban J connectivity index is 1.71. The monoisotopic (exact) mass is 488 g/mol. The number of ketones is 1. The van der Waals surface area contributed by atoms with Crippen LogP contribution in [0.5, 0.6) is 0 Å². The molecule has 1 N–H and O–H groups in total. The minimum Gasteiger partial charge on any atom is -0.507 e. The zero-order valence-electron chi connectivity index (χ0n) is 19.3. The van der Waals surface area contributed by atoms with Crippen molar-refractivity contribution in [3.05, 3.63) is 86.6 Å². The van der Waals surface area contributed by atoms with Crippen molar-refractivity contribution in [2.24, 2.45) is 0 Å². The van der Waals surface area contributed by atoms with Gasteiger partial charge in [0.05, 0.1) is 15.8 Å². The molecular formula is C27H24N2O3S2. The lowest BCUT2D eigenvalue weighted by Gasteiger charge is -2.21. The molecule has 7 heteroatoms. The lowest BCUT2D eigenvalue weighted by atomic mass is 9.96. The van der Waals surface area contributed by atoms with Crippen molar-refractivity contribution in [3.63, 3.8) is 0 Å². The molecule has 1 saturated heterocycles. The number of carbonyl (C=O) groups excluding carboxylic acids is 2. The zero-order chi connectivity index (χ0) is 24.1. The normalized spacial score (nSPS) is 17.9. The number of aliphatic hydroxyl groups excluding tert-OH is 1. The van der Waals surface area contributed by atoms with E-state index in [1.165, 1.54) is 33.1 Å². The molecule has 2 aromatic heterocycles. The van der Waals surface area contributed by atoms with Gasteiger partial charge in [0, 0.05) is 10.4 Å². The van der Waals surface area contributed by atoms with Crippen molar-refractivity contribution in [3.8, 4) is 0 Å². The molecule has 0 radical (unpaired) electrons. The standard InChI is InChI=1S/C27H24N2O3S2/c1-14(2)17-9-10-19-21(13-17)34-27(28-19)29-23(20-6-5-11-33-20)22(25(31)26(29)32)24(30)18-12-15(3)7-8-16(18)4/h5-14,23,30H,1-4H3/b24-22+. The Morgan fingerprint density at radius 2 is 1.88 bits per heavy atom. The average molecular weight is 489 g/mol. The van der Waals surface area contributed by atoms with Crippen molar-refractivity contribution in [2.45, 2.75) is 39.7 Å². The molecule has 1 aliphatic rings. The SMILES string of the molecule is Cc1ccc(C)c(/C(O)=C2\C(=O)C(=O)N(c3nc4ccc(C(C)C)cc4s3)C2c2cccs2)c1. The highest BCUT2D eigenvalue weighted by atomic mass is 32.1. The molecule has 0 spiro atoms. The summed E-state index contributed by atoms with van der Waals surface area (Å²) in [5, 5.41) is 13.7. The zero-order valence-corrected chi connectivity index (χ0v) is 21.0. The molecule has 5 rings (SSSR count). The first kappa shape index (κ1) is 22.5. The van der Waals surface area contributed by atoms with Gasteiger partial charge < -0.3 is 5.11 Å². The summed E-state index contributed by atoms with van der Waals surface area (Å²) in [7, 11) is 0. The number of hydrogen-bond acceptors (Lipinski definition) is 6. The van der Waals surface area contributed by atoms with Crippen LogP contribution in [-0.2, 0) is 9.59 Å². The van der Waals surface area contributed by atoms with Crippen molar-refractivity contribution < 1.29 is 14.7 Å². The first-order chi connectivity index (χ1) is 16.3. The fourth-order valence-electron chi connectivity index (χ4n) is 4.27. The number of benzene rings is 2. The van der Waals surface area contributed by atoms with E-state index in [0.29, 0.717) is 16.6 Å². The molecule has 1 fully saturated rings. The number of nitrogens with zero attached hydrogens (tertiary/aromatic N) is 2. The lowest BCUT2D eigenvalue weighted by molar-refractivity contribution is -0.132. The van der Waals surface area contributed by atoms with Crippen LogP contribution in [0.2, 0.25) is 0 Å². The third kappa shape index (κ3) is 3.65. The topological polar surface area (TPSA) is 70.5 Å². The second-order valence-corrected chi connectivity index (χ2v) is 10.9. The Hall–Kier alpha value is -3.29. The smallest absolute Gasteiger partial charge is 0.301 e. The molecule has 4 aromatic rings. The summed E-state index contributed by atoms with van der Waals surface area (Å²) in [5.41, 5.74) is 4.43. The van der Waals surface area contributed by atoms with Gasteiger partial charge in [0.15, 0.2) is 5.13 Å². The fraction of sp³-hybridized carbons (Fsp3) is 0.222. The van der Waals surface area contributed by atoms with Gasteiger partial charge in [0.25, 0.3) is 5.78 Å². The van der Waals surface area contributed by atoms with Crippen molar-refractivity contribution in [2.75, 3.05) is 4.90 Å². The van der Waals surface area contributed by atoms with E-state index >= 15 is 0 Å². The molecule has 2 aromatic carbocycles. The van der Waals surface area contributed by atoms with E-state index in [1.54, 1.807) is 0 Å². The predicted molar refractivity (Wildman–Crippen MR) is 139 cm³/mol. The van der Waals surface area contributed by atoms with Crippen LogP contribution >= 0.6 is 22.7 Å². The number of carbonyl (C=O) groups is 2. The summed E-state index contributed by atoms with van der Waals surface area (Å²) in [6, 6.07) is 14.8.